The van der Waals surface area contributed by atoms with Gasteiger partial charge in [-0.3, -0.25) is 0 Å². The van der Waals surface area contributed by atoms with Crippen LogP contribution in [0.1, 0.15) is 46.0 Å². The summed E-state index contributed by atoms with van der Waals surface area (Å²) in [6.07, 6.45) is 11.3. The lowest BCUT2D eigenvalue weighted by Crippen LogP contribution is -2.39. The number of hydrogen-bond acceptors (Lipinski definition) is 2. The molecule has 0 N–H and O–H groups in total. The van der Waals surface area contributed by atoms with Crippen LogP contribution in [-0.4, -0.2) is 24.3 Å². The highest BCUT2D eigenvalue weighted by Gasteiger charge is 2.57. The van der Waals surface area contributed by atoms with Crippen molar-refractivity contribution in [1.29, 1.82) is 0 Å². The second kappa shape index (κ2) is 5.76. The first-order chi connectivity index (χ1) is 8.96. The highest BCUT2D eigenvalue weighted by atomic mass is 79.9. The Bertz CT molecular complexity index is 364. The molecular weight excluding hydrogens is 304 g/mol. The minimum atomic E-state index is -0.252. The van der Waals surface area contributed by atoms with E-state index >= 15 is 0 Å². The summed E-state index contributed by atoms with van der Waals surface area (Å²) in [7, 11) is 1.71. The van der Waals surface area contributed by atoms with Crippen LogP contribution in [0.3, 0.4) is 0 Å². The van der Waals surface area contributed by atoms with Gasteiger partial charge in [0, 0.05) is 7.11 Å². The summed E-state index contributed by atoms with van der Waals surface area (Å²) >= 11 is 3.94. The Hall–Kier alpha value is -0.0400. The third kappa shape index (κ3) is 2.73. The van der Waals surface area contributed by atoms with Crippen LogP contribution in [0.15, 0.2) is 0 Å². The van der Waals surface area contributed by atoms with Gasteiger partial charge in [-0.25, -0.2) is 0 Å². The molecule has 0 aromatic rings. The molecule has 0 aliphatic heterocycles. The van der Waals surface area contributed by atoms with Gasteiger partial charge in [0.2, 0.25) is 0 Å². The fraction of sp³-hybridized carbons (Fsp3) is 0.875. The predicted molar refractivity (Wildman–Crippen MR) is 81.1 cm³/mol. The molecule has 2 aliphatic carbocycles. The molecule has 2 nitrogen and oxygen atoms in total. The number of ether oxygens (including phenoxy) is 2. The van der Waals surface area contributed by atoms with E-state index in [2.05, 4.69) is 35.7 Å². The van der Waals surface area contributed by atoms with Gasteiger partial charge in [0.25, 0.3) is 0 Å². The first-order valence-electron chi connectivity index (χ1n) is 7.23. The van der Waals surface area contributed by atoms with Gasteiger partial charge in [0.15, 0.2) is 6.29 Å². The molecule has 0 saturated heterocycles. The molecule has 0 amide bonds. The summed E-state index contributed by atoms with van der Waals surface area (Å²) in [4.78, 5) is 0. The number of terminal acetylenes is 1. The zero-order valence-corrected chi connectivity index (χ0v) is 13.8. The van der Waals surface area contributed by atoms with E-state index in [9.17, 15) is 0 Å². The first kappa shape index (κ1) is 15.4. The average Bonchev–Trinajstić information content (AvgIpc) is 2.64. The Kier molecular flexibility index (Phi) is 4.65. The normalized spacial score (nSPS) is 43.5. The number of fused-ring (bicyclic) bond motifs is 1. The molecule has 2 aliphatic rings. The van der Waals surface area contributed by atoms with E-state index in [1.807, 2.05) is 0 Å². The van der Waals surface area contributed by atoms with E-state index in [1.165, 1.54) is 19.3 Å². The lowest BCUT2D eigenvalue weighted by Gasteiger charge is -2.42. The monoisotopic (exact) mass is 328 g/mol. The molecule has 0 radical (unpaired) electrons. The van der Waals surface area contributed by atoms with E-state index in [-0.39, 0.29) is 10.6 Å². The number of methoxy groups -OCH3 is 1. The predicted octanol–water partition coefficient (Wildman–Crippen LogP) is 3.98. The standard InChI is InChI=1S/C16H25BrO2/c1-5-9-19-14(18-4)16(17)10-13-8-6-7-12(2)15(13,3)11-16/h1,12-14H,6-11H2,2-4H3/t12-,13?,14?,15+,16?/m0/s1. The Morgan fingerprint density at radius 3 is 2.79 bits per heavy atom. The van der Waals surface area contributed by atoms with E-state index in [4.69, 9.17) is 15.9 Å². The summed E-state index contributed by atoms with van der Waals surface area (Å²) in [5.41, 5.74) is 0.401. The maximum absolute atomic E-state index is 5.71. The molecule has 2 rings (SSSR count). The van der Waals surface area contributed by atoms with Crippen molar-refractivity contribution in [2.75, 3.05) is 13.7 Å². The smallest absolute Gasteiger partial charge is 0.173 e. The molecule has 0 bridgehead atoms. The number of halogens is 1. The van der Waals surface area contributed by atoms with Gasteiger partial charge in [-0.05, 0) is 36.5 Å². The van der Waals surface area contributed by atoms with Crippen LogP contribution in [0, 0.1) is 29.6 Å². The fourth-order valence-corrected chi connectivity index (χ4v) is 5.55. The molecule has 2 saturated carbocycles. The van der Waals surface area contributed by atoms with Crippen molar-refractivity contribution < 1.29 is 9.47 Å². The van der Waals surface area contributed by atoms with Crippen molar-refractivity contribution in [2.24, 2.45) is 17.3 Å². The molecule has 19 heavy (non-hydrogen) atoms. The van der Waals surface area contributed by atoms with Crippen molar-refractivity contribution in [1.82, 2.24) is 0 Å². The van der Waals surface area contributed by atoms with Crippen molar-refractivity contribution in [2.45, 2.75) is 56.6 Å². The molecule has 3 heteroatoms. The lowest BCUT2D eigenvalue weighted by atomic mass is 9.63. The molecular formula is C16H25BrO2. The summed E-state index contributed by atoms with van der Waals surface area (Å²) < 4.78 is 11.2. The molecule has 0 spiro atoms. The topological polar surface area (TPSA) is 18.5 Å². The van der Waals surface area contributed by atoms with E-state index < -0.39 is 0 Å². The molecule has 3 unspecified atom stereocenters. The SMILES string of the molecule is C#CCOC(OC)C1(Br)CC2CCC[C@H](C)[C@@]2(C)C1. The molecule has 2 fully saturated rings. The minimum absolute atomic E-state index is 0.0867. The van der Waals surface area contributed by atoms with Gasteiger partial charge < -0.3 is 9.47 Å². The molecule has 0 aromatic carbocycles. The van der Waals surface area contributed by atoms with E-state index in [1.54, 1.807) is 7.11 Å². The maximum Gasteiger partial charge on any atom is 0.173 e. The second-order valence-electron chi connectivity index (χ2n) is 6.53. The highest BCUT2D eigenvalue weighted by Crippen LogP contribution is 2.61. The quantitative estimate of drug-likeness (QED) is 0.441. The molecule has 0 aromatic heterocycles. The van der Waals surface area contributed by atoms with E-state index in [0.29, 0.717) is 12.0 Å². The third-order valence-corrected chi connectivity index (χ3v) is 6.44. The van der Waals surface area contributed by atoms with Gasteiger partial charge in [0.1, 0.15) is 6.61 Å². The van der Waals surface area contributed by atoms with Crippen molar-refractivity contribution >= 4 is 15.9 Å². The Morgan fingerprint density at radius 1 is 1.47 bits per heavy atom. The summed E-state index contributed by atoms with van der Waals surface area (Å²) in [6, 6.07) is 0. The highest BCUT2D eigenvalue weighted by molar-refractivity contribution is 9.10. The molecule has 108 valence electrons. The Labute approximate surface area is 125 Å². The van der Waals surface area contributed by atoms with Crippen LogP contribution < -0.4 is 0 Å². The zero-order chi connectivity index (χ0) is 14.1. The maximum atomic E-state index is 5.71. The largest absolute Gasteiger partial charge is 0.354 e. The van der Waals surface area contributed by atoms with Crippen LogP contribution in [0.4, 0.5) is 0 Å². The van der Waals surface area contributed by atoms with Crippen molar-refractivity contribution in [3.63, 3.8) is 0 Å². The number of alkyl halides is 1. The van der Waals surface area contributed by atoms with Crippen LogP contribution in [0.2, 0.25) is 0 Å². The zero-order valence-electron chi connectivity index (χ0n) is 12.2. The van der Waals surface area contributed by atoms with Crippen LogP contribution in [-0.2, 0) is 9.47 Å². The first-order valence-corrected chi connectivity index (χ1v) is 8.02. The Morgan fingerprint density at radius 2 is 2.21 bits per heavy atom. The average molecular weight is 329 g/mol. The Balaban J connectivity index is 2.15. The van der Waals surface area contributed by atoms with Gasteiger partial charge in [-0.15, -0.1) is 6.42 Å². The summed E-state index contributed by atoms with van der Waals surface area (Å²) in [5, 5.41) is 0. The number of rotatable bonds is 4. The van der Waals surface area contributed by atoms with Crippen LogP contribution in [0.5, 0.6) is 0 Å². The van der Waals surface area contributed by atoms with Gasteiger partial charge in [-0.1, -0.05) is 48.5 Å². The summed E-state index contributed by atoms with van der Waals surface area (Å²) in [6.45, 7) is 5.15. The summed E-state index contributed by atoms with van der Waals surface area (Å²) in [5.74, 6) is 4.07. The lowest BCUT2D eigenvalue weighted by molar-refractivity contribution is -0.134. The fourth-order valence-electron chi connectivity index (χ4n) is 4.23. The molecule has 5 atom stereocenters. The third-order valence-electron chi connectivity index (χ3n) is 5.46. The second-order valence-corrected chi connectivity index (χ2v) is 8.11. The van der Waals surface area contributed by atoms with Crippen LogP contribution in [0.25, 0.3) is 0 Å². The number of hydrogen-bond donors (Lipinski definition) is 0. The minimum Gasteiger partial charge on any atom is -0.354 e. The van der Waals surface area contributed by atoms with Gasteiger partial charge >= 0.3 is 0 Å². The van der Waals surface area contributed by atoms with Gasteiger partial charge in [0.05, 0.1) is 4.32 Å². The van der Waals surface area contributed by atoms with Crippen LogP contribution >= 0.6 is 15.9 Å². The van der Waals surface area contributed by atoms with Gasteiger partial charge in [-0.2, -0.15) is 0 Å². The van der Waals surface area contributed by atoms with E-state index in [0.717, 1.165) is 24.7 Å². The van der Waals surface area contributed by atoms with Crippen molar-refractivity contribution in [3.05, 3.63) is 0 Å². The molecule has 0 heterocycles. The van der Waals surface area contributed by atoms with Crippen molar-refractivity contribution in [3.8, 4) is 12.3 Å².